The molecular formula is C20H20Cl2N4O2S. The molecule has 2 unspecified atom stereocenters. The molecule has 1 fully saturated rings. The van der Waals surface area contributed by atoms with Gasteiger partial charge in [-0.25, -0.2) is 13.4 Å². The number of halogens is 2. The molecule has 1 aromatic heterocycles. The summed E-state index contributed by atoms with van der Waals surface area (Å²) in [6.07, 6.45) is 3.00. The van der Waals surface area contributed by atoms with Gasteiger partial charge in [-0.2, -0.15) is 4.31 Å². The van der Waals surface area contributed by atoms with Crippen molar-refractivity contribution in [3.05, 3.63) is 76.7 Å². The van der Waals surface area contributed by atoms with Crippen LogP contribution in [0.25, 0.3) is 0 Å². The third-order valence-corrected chi connectivity index (χ3v) is 7.39. The van der Waals surface area contributed by atoms with E-state index in [1.807, 2.05) is 36.4 Å². The van der Waals surface area contributed by atoms with Crippen LogP contribution in [-0.4, -0.2) is 41.4 Å². The van der Waals surface area contributed by atoms with E-state index >= 15 is 0 Å². The second-order valence-corrected chi connectivity index (χ2v) is 9.81. The van der Waals surface area contributed by atoms with Crippen LogP contribution in [0, 0.1) is 0 Å². The van der Waals surface area contributed by atoms with Gasteiger partial charge in [0.1, 0.15) is 0 Å². The molecule has 0 saturated carbocycles. The molecule has 2 aromatic carbocycles. The van der Waals surface area contributed by atoms with Crippen LogP contribution < -0.4 is 5.32 Å². The maximum absolute atomic E-state index is 13.1. The Hall–Kier alpha value is -2.06. The Balaban J connectivity index is 1.67. The quantitative estimate of drug-likeness (QED) is 0.637. The third kappa shape index (κ3) is 4.14. The highest BCUT2D eigenvalue weighted by Gasteiger charge is 2.41. The van der Waals surface area contributed by atoms with E-state index in [1.165, 1.54) is 16.8 Å². The average molecular weight is 451 g/mol. The van der Waals surface area contributed by atoms with Crippen molar-refractivity contribution in [3.8, 4) is 0 Å². The Morgan fingerprint density at radius 2 is 1.79 bits per heavy atom. The predicted octanol–water partition coefficient (Wildman–Crippen LogP) is 4.00. The van der Waals surface area contributed by atoms with Gasteiger partial charge >= 0.3 is 0 Å². The van der Waals surface area contributed by atoms with Gasteiger partial charge in [-0.15, -0.1) is 0 Å². The lowest BCUT2D eigenvalue weighted by Gasteiger charge is -2.22. The number of benzene rings is 2. The number of imidazole rings is 1. The highest BCUT2D eigenvalue weighted by Crippen LogP contribution is 2.36. The molecule has 0 radical (unpaired) electrons. The first kappa shape index (κ1) is 20.2. The Kier molecular flexibility index (Phi) is 5.57. The topological polar surface area (TPSA) is 67.2 Å². The number of hydrogen-bond donors (Lipinski definition) is 1. The minimum absolute atomic E-state index is 0.0463. The van der Waals surface area contributed by atoms with Gasteiger partial charge < -0.3 is 9.88 Å². The van der Waals surface area contributed by atoms with Crippen LogP contribution >= 0.6 is 23.2 Å². The van der Waals surface area contributed by atoms with Gasteiger partial charge in [0.2, 0.25) is 0 Å². The molecule has 3 aromatic rings. The van der Waals surface area contributed by atoms with Crippen LogP contribution in [0.4, 0.5) is 5.69 Å². The fraction of sp³-hybridized carbons (Fsp3) is 0.250. The zero-order chi connectivity index (χ0) is 20.6. The molecule has 9 heteroatoms. The number of nitrogens with one attached hydrogen (secondary N) is 1. The van der Waals surface area contributed by atoms with Crippen LogP contribution in [0.15, 0.2) is 66.1 Å². The summed E-state index contributed by atoms with van der Waals surface area (Å²) >= 11 is 12.4. The number of anilines is 1. The van der Waals surface area contributed by atoms with E-state index in [1.54, 1.807) is 23.7 Å². The average Bonchev–Trinajstić information content (AvgIpc) is 3.31. The van der Waals surface area contributed by atoms with E-state index in [0.29, 0.717) is 23.1 Å². The number of nitrogens with zero attached hydrogens (tertiary/aromatic N) is 3. The van der Waals surface area contributed by atoms with Crippen LogP contribution in [0.1, 0.15) is 11.5 Å². The smallest absolute Gasteiger partial charge is 0.262 e. The standard InChI is InChI=1S/C20H20Cl2N4O2S/c1-25-12-20(23-13-25)29(27,28)26-10-17(16-4-2-3-5-18(16)22)19(11-26)24-15-8-6-14(21)7-9-15/h2-9,12-13,17,19,24H,10-11H2,1H3. The van der Waals surface area contributed by atoms with E-state index in [4.69, 9.17) is 23.2 Å². The summed E-state index contributed by atoms with van der Waals surface area (Å²) in [5.41, 5.74) is 1.79. The van der Waals surface area contributed by atoms with E-state index in [0.717, 1.165) is 11.3 Å². The molecule has 0 bridgehead atoms. The zero-order valence-electron chi connectivity index (χ0n) is 15.7. The predicted molar refractivity (Wildman–Crippen MR) is 115 cm³/mol. The van der Waals surface area contributed by atoms with Gasteiger partial charge in [0.25, 0.3) is 10.0 Å². The first-order valence-corrected chi connectivity index (χ1v) is 11.3. The number of hydrogen-bond acceptors (Lipinski definition) is 4. The summed E-state index contributed by atoms with van der Waals surface area (Å²) in [6.45, 7) is 0.616. The molecule has 2 heterocycles. The first-order chi connectivity index (χ1) is 13.8. The van der Waals surface area contributed by atoms with Crippen molar-refractivity contribution in [1.82, 2.24) is 13.9 Å². The molecule has 1 aliphatic rings. The van der Waals surface area contributed by atoms with Crippen molar-refractivity contribution in [2.75, 3.05) is 18.4 Å². The maximum atomic E-state index is 13.1. The second kappa shape index (κ2) is 7.99. The molecule has 4 rings (SSSR count). The van der Waals surface area contributed by atoms with E-state index < -0.39 is 10.0 Å². The van der Waals surface area contributed by atoms with Gasteiger partial charge in [0.15, 0.2) is 5.03 Å². The fourth-order valence-electron chi connectivity index (χ4n) is 3.62. The van der Waals surface area contributed by atoms with E-state index in [2.05, 4.69) is 10.3 Å². The lowest BCUT2D eigenvalue weighted by molar-refractivity contribution is 0.468. The van der Waals surface area contributed by atoms with Crippen molar-refractivity contribution in [1.29, 1.82) is 0 Å². The number of sulfonamides is 1. The zero-order valence-corrected chi connectivity index (χ0v) is 18.0. The van der Waals surface area contributed by atoms with Gasteiger partial charge in [0, 0.05) is 54.0 Å². The van der Waals surface area contributed by atoms with Crippen LogP contribution in [0.2, 0.25) is 10.0 Å². The number of aryl methyl sites for hydroxylation is 1. The van der Waals surface area contributed by atoms with Gasteiger partial charge in [-0.3, -0.25) is 0 Å². The summed E-state index contributed by atoms with van der Waals surface area (Å²) in [6, 6.07) is 14.7. The lowest BCUT2D eigenvalue weighted by atomic mass is 9.94. The molecule has 2 atom stereocenters. The van der Waals surface area contributed by atoms with Crippen molar-refractivity contribution < 1.29 is 8.42 Å². The summed E-state index contributed by atoms with van der Waals surface area (Å²) in [4.78, 5) is 4.04. The Bertz CT molecular complexity index is 1120. The molecule has 0 amide bonds. The molecule has 1 N–H and O–H groups in total. The Labute approximate surface area is 180 Å². The highest BCUT2D eigenvalue weighted by molar-refractivity contribution is 7.89. The Morgan fingerprint density at radius 1 is 1.07 bits per heavy atom. The minimum Gasteiger partial charge on any atom is -0.380 e. The van der Waals surface area contributed by atoms with E-state index in [9.17, 15) is 8.42 Å². The van der Waals surface area contributed by atoms with Crippen LogP contribution in [-0.2, 0) is 17.1 Å². The molecule has 6 nitrogen and oxygen atoms in total. The largest absolute Gasteiger partial charge is 0.380 e. The molecular weight excluding hydrogens is 431 g/mol. The third-order valence-electron chi connectivity index (χ3n) is 5.07. The fourth-order valence-corrected chi connectivity index (χ4v) is 5.48. The lowest BCUT2D eigenvalue weighted by Crippen LogP contribution is -2.32. The van der Waals surface area contributed by atoms with E-state index in [-0.39, 0.29) is 17.0 Å². The molecule has 0 aliphatic carbocycles. The van der Waals surface area contributed by atoms with Crippen molar-refractivity contribution in [3.63, 3.8) is 0 Å². The minimum atomic E-state index is -3.71. The number of rotatable bonds is 5. The summed E-state index contributed by atoms with van der Waals surface area (Å²) < 4.78 is 29.3. The normalized spacial score (nSPS) is 20.1. The summed E-state index contributed by atoms with van der Waals surface area (Å²) in [5.74, 6) is -0.113. The molecule has 0 spiro atoms. The summed E-state index contributed by atoms with van der Waals surface area (Å²) in [5, 5.41) is 4.77. The van der Waals surface area contributed by atoms with Crippen molar-refractivity contribution >= 4 is 38.9 Å². The van der Waals surface area contributed by atoms with Gasteiger partial charge in [-0.05, 0) is 35.9 Å². The van der Waals surface area contributed by atoms with Crippen molar-refractivity contribution in [2.45, 2.75) is 17.0 Å². The maximum Gasteiger partial charge on any atom is 0.262 e. The molecule has 152 valence electrons. The number of aromatic nitrogens is 2. The van der Waals surface area contributed by atoms with Gasteiger partial charge in [0.05, 0.1) is 6.33 Å². The SMILES string of the molecule is Cn1cnc(S(=O)(=O)N2CC(Nc3ccc(Cl)cc3)C(c3ccccc3Cl)C2)c1. The van der Waals surface area contributed by atoms with Crippen molar-refractivity contribution in [2.24, 2.45) is 7.05 Å². The Morgan fingerprint density at radius 3 is 2.45 bits per heavy atom. The second-order valence-electron chi connectivity index (χ2n) is 7.09. The monoisotopic (exact) mass is 450 g/mol. The molecule has 1 saturated heterocycles. The molecule has 29 heavy (non-hydrogen) atoms. The van der Waals surface area contributed by atoms with Crippen LogP contribution in [0.3, 0.4) is 0 Å². The molecule has 1 aliphatic heterocycles. The first-order valence-electron chi connectivity index (χ1n) is 9.09. The van der Waals surface area contributed by atoms with Gasteiger partial charge in [-0.1, -0.05) is 41.4 Å². The summed E-state index contributed by atoms with van der Waals surface area (Å²) in [7, 11) is -1.96. The van der Waals surface area contributed by atoms with Crippen LogP contribution in [0.5, 0.6) is 0 Å². The highest BCUT2D eigenvalue weighted by atomic mass is 35.5.